The lowest BCUT2D eigenvalue weighted by molar-refractivity contribution is 0.673. The van der Waals surface area contributed by atoms with Crippen LogP contribution in [0.15, 0.2) is 66.7 Å². The third-order valence-corrected chi connectivity index (χ3v) is 3.01. The predicted molar refractivity (Wildman–Crippen MR) is 74.9 cm³/mol. The van der Waals surface area contributed by atoms with Gasteiger partial charge in [0.15, 0.2) is 0 Å². The van der Waals surface area contributed by atoms with Gasteiger partial charge in [0.05, 0.1) is 0 Å². The summed E-state index contributed by atoms with van der Waals surface area (Å²) in [5.41, 5.74) is 2.65. The van der Waals surface area contributed by atoms with Crippen LogP contribution in [0.25, 0.3) is 6.08 Å². The first-order valence-electron chi connectivity index (χ1n) is 5.98. The molecular formula is C17H18. The quantitative estimate of drug-likeness (QED) is 0.707. The number of allylic oxidation sites excluding steroid dienone is 1. The molecule has 2 rings (SSSR count). The fourth-order valence-electron chi connectivity index (χ4n) is 1.83. The lowest BCUT2D eigenvalue weighted by Gasteiger charge is -2.20. The van der Waals surface area contributed by atoms with Gasteiger partial charge in [-0.2, -0.15) is 0 Å². The van der Waals surface area contributed by atoms with E-state index < -0.39 is 0 Å². The van der Waals surface area contributed by atoms with Crippen molar-refractivity contribution >= 4 is 6.08 Å². The first-order valence-corrected chi connectivity index (χ1v) is 5.98. The molecule has 0 amide bonds. The highest BCUT2D eigenvalue weighted by atomic mass is 14.2. The molecule has 0 aliphatic carbocycles. The second-order valence-electron chi connectivity index (χ2n) is 4.83. The minimum absolute atomic E-state index is 0.0666. The second kappa shape index (κ2) is 5.01. The van der Waals surface area contributed by atoms with E-state index in [1.54, 1.807) is 0 Å². The smallest absolute Gasteiger partial charge is 0.00786 e. The topological polar surface area (TPSA) is 0 Å². The average molecular weight is 222 g/mol. The fourth-order valence-corrected chi connectivity index (χ4v) is 1.83. The maximum atomic E-state index is 2.26. The summed E-state index contributed by atoms with van der Waals surface area (Å²) in [4.78, 5) is 0. The molecule has 0 saturated heterocycles. The third kappa shape index (κ3) is 3.07. The van der Waals surface area contributed by atoms with Crippen LogP contribution in [-0.4, -0.2) is 0 Å². The Bertz CT molecular complexity index is 478. The number of rotatable bonds is 3. The molecule has 0 aliphatic heterocycles. The van der Waals surface area contributed by atoms with E-state index in [-0.39, 0.29) is 5.41 Å². The molecule has 0 bridgehead atoms. The molecule has 0 aliphatic rings. The number of benzene rings is 2. The van der Waals surface area contributed by atoms with Gasteiger partial charge in [-0.15, -0.1) is 0 Å². The summed E-state index contributed by atoms with van der Waals surface area (Å²) < 4.78 is 0. The van der Waals surface area contributed by atoms with Crippen molar-refractivity contribution in [2.24, 2.45) is 0 Å². The molecule has 17 heavy (non-hydrogen) atoms. The Morgan fingerprint density at radius 3 is 1.88 bits per heavy atom. The van der Waals surface area contributed by atoms with Crippen LogP contribution in [-0.2, 0) is 5.41 Å². The zero-order valence-corrected chi connectivity index (χ0v) is 10.4. The second-order valence-corrected chi connectivity index (χ2v) is 4.83. The highest BCUT2D eigenvalue weighted by molar-refractivity contribution is 5.51. The molecule has 86 valence electrons. The summed E-state index contributed by atoms with van der Waals surface area (Å²) in [6.07, 6.45) is 4.45. The van der Waals surface area contributed by atoms with Gasteiger partial charge in [-0.25, -0.2) is 0 Å². The van der Waals surface area contributed by atoms with Crippen LogP contribution < -0.4 is 0 Å². The molecule has 0 spiro atoms. The Labute approximate surface area is 104 Å². The number of hydrogen-bond acceptors (Lipinski definition) is 0. The Morgan fingerprint density at radius 2 is 1.29 bits per heavy atom. The molecule has 0 N–H and O–H groups in total. The van der Waals surface area contributed by atoms with E-state index in [9.17, 15) is 0 Å². The van der Waals surface area contributed by atoms with Gasteiger partial charge in [0.1, 0.15) is 0 Å². The van der Waals surface area contributed by atoms with Crippen molar-refractivity contribution in [3.05, 3.63) is 77.9 Å². The Morgan fingerprint density at radius 1 is 0.765 bits per heavy atom. The third-order valence-electron chi connectivity index (χ3n) is 3.01. The predicted octanol–water partition coefficient (Wildman–Crippen LogP) is 4.68. The molecule has 0 heterocycles. The van der Waals surface area contributed by atoms with Gasteiger partial charge in [0, 0.05) is 5.41 Å². The van der Waals surface area contributed by atoms with Gasteiger partial charge in [0.2, 0.25) is 0 Å². The van der Waals surface area contributed by atoms with E-state index >= 15 is 0 Å². The van der Waals surface area contributed by atoms with Crippen LogP contribution in [0, 0.1) is 0 Å². The van der Waals surface area contributed by atoms with Crippen LogP contribution in [0.5, 0.6) is 0 Å². The highest BCUT2D eigenvalue weighted by Gasteiger charge is 2.15. The van der Waals surface area contributed by atoms with Crippen molar-refractivity contribution in [1.82, 2.24) is 0 Å². The first-order chi connectivity index (χ1) is 8.18. The summed E-state index contributed by atoms with van der Waals surface area (Å²) in [6.45, 7) is 4.48. The van der Waals surface area contributed by atoms with Gasteiger partial charge in [-0.05, 0) is 11.1 Å². The van der Waals surface area contributed by atoms with Crippen molar-refractivity contribution in [3.8, 4) is 0 Å². The molecule has 0 saturated carbocycles. The van der Waals surface area contributed by atoms with E-state index in [0.717, 1.165) is 0 Å². The van der Waals surface area contributed by atoms with Crippen molar-refractivity contribution in [3.63, 3.8) is 0 Å². The minimum Gasteiger partial charge on any atom is -0.0739 e. The summed E-state index contributed by atoms with van der Waals surface area (Å²) in [7, 11) is 0. The Balaban J connectivity index is 2.21. The molecule has 2 aromatic rings. The summed E-state index contributed by atoms with van der Waals surface area (Å²) in [5, 5.41) is 0. The van der Waals surface area contributed by atoms with E-state index in [1.807, 2.05) is 6.07 Å². The molecule has 0 aromatic heterocycles. The Kier molecular flexibility index (Phi) is 3.43. The summed E-state index contributed by atoms with van der Waals surface area (Å²) in [6, 6.07) is 21.0. The maximum Gasteiger partial charge on any atom is 0.00786 e. The van der Waals surface area contributed by atoms with Crippen LogP contribution >= 0.6 is 0 Å². The zero-order chi connectivity index (χ0) is 12.1. The lowest BCUT2D eigenvalue weighted by Crippen LogP contribution is -2.12. The average Bonchev–Trinajstić information content (AvgIpc) is 2.39. The molecule has 0 atom stereocenters. The highest BCUT2D eigenvalue weighted by Crippen LogP contribution is 2.25. The van der Waals surface area contributed by atoms with E-state index in [0.29, 0.717) is 0 Å². The molecule has 0 unspecified atom stereocenters. The Hall–Kier alpha value is -1.82. The molecule has 0 radical (unpaired) electrons. The van der Waals surface area contributed by atoms with Crippen LogP contribution in [0.3, 0.4) is 0 Å². The largest absolute Gasteiger partial charge is 0.0739 e. The van der Waals surface area contributed by atoms with Gasteiger partial charge < -0.3 is 0 Å². The van der Waals surface area contributed by atoms with E-state index in [2.05, 4.69) is 80.6 Å². The monoisotopic (exact) mass is 222 g/mol. The fraction of sp³-hybridized carbons (Fsp3) is 0.176. The number of hydrogen-bond donors (Lipinski definition) is 0. The van der Waals surface area contributed by atoms with Crippen LogP contribution in [0.2, 0.25) is 0 Å². The minimum atomic E-state index is 0.0666. The molecule has 2 aromatic carbocycles. The lowest BCUT2D eigenvalue weighted by atomic mass is 9.84. The molecule has 0 fully saturated rings. The summed E-state index contributed by atoms with van der Waals surface area (Å²) in [5.74, 6) is 0. The van der Waals surface area contributed by atoms with E-state index in [4.69, 9.17) is 0 Å². The molecular weight excluding hydrogens is 204 g/mol. The molecule has 0 nitrogen and oxygen atoms in total. The van der Waals surface area contributed by atoms with Crippen molar-refractivity contribution in [1.29, 1.82) is 0 Å². The van der Waals surface area contributed by atoms with Crippen LogP contribution in [0.4, 0.5) is 0 Å². The standard InChI is InChI=1S/C17H18/c1-17(2,16-11-7-4-8-12-16)14-13-15-9-5-3-6-10-15/h3-14H,1-2H3/b14-13-. The van der Waals surface area contributed by atoms with Gasteiger partial charge in [0.25, 0.3) is 0 Å². The van der Waals surface area contributed by atoms with Crippen molar-refractivity contribution in [2.45, 2.75) is 19.3 Å². The first kappa shape index (κ1) is 11.7. The van der Waals surface area contributed by atoms with Crippen molar-refractivity contribution < 1.29 is 0 Å². The zero-order valence-electron chi connectivity index (χ0n) is 10.4. The maximum absolute atomic E-state index is 2.26. The van der Waals surface area contributed by atoms with Crippen molar-refractivity contribution in [2.75, 3.05) is 0 Å². The summed E-state index contributed by atoms with van der Waals surface area (Å²) >= 11 is 0. The molecule has 0 heteroatoms. The SMILES string of the molecule is CC(C)(/C=C\c1ccccc1)c1ccccc1. The van der Waals surface area contributed by atoms with E-state index in [1.165, 1.54) is 11.1 Å². The van der Waals surface area contributed by atoms with Gasteiger partial charge in [-0.3, -0.25) is 0 Å². The van der Waals surface area contributed by atoms with Gasteiger partial charge in [-0.1, -0.05) is 86.7 Å². The van der Waals surface area contributed by atoms with Crippen LogP contribution in [0.1, 0.15) is 25.0 Å². The normalized spacial score (nSPS) is 11.9. The van der Waals surface area contributed by atoms with Gasteiger partial charge >= 0.3 is 0 Å².